The molecule has 0 saturated heterocycles. The average Bonchev–Trinajstić information content (AvgIpc) is 2.87. The van der Waals surface area contributed by atoms with E-state index in [1.54, 1.807) is 0 Å². The molecule has 0 aromatic heterocycles. The predicted octanol–water partition coefficient (Wildman–Crippen LogP) is 5.80. The van der Waals surface area contributed by atoms with E-state index in [9.17, 15) is 9.59 Å². The van der Waals surface area contributed by atoms with E-state index >= 15 is 0 Å². The summed E-state index contributed by atoms with van der Waals surface area (Å²) in [6, 6.07) is 6.11. The van der Waals surface area contributed by atoms with Gasteiger partial charge in [-0.3, -0.25) is 9.59 Å². The molecule has 1 aromatic rings. The lowest BCUT2D eigenvalue weighted by Crippen LogP contribution is -2.52. The molecule has 30 heavy (non-hydrogen) atoms. The van der Waals surface area contributed by atoms with Crippen LogP contribution >= 0.6 is 0 Å². The summed E-state index contributed by atoms with van der Waals surface area (Å²) in [6.07, 6.45) is 2.86. The van der Waals surface area contributed by atoms with E-state index < -0.39 is 16.6 Å². The molecule has 3 aliphatic rings. The van der Waals surface area contributed by atoms with Crippen molar-refractivity contribution in [2.45, 2.75) is 83.9 Å². The first-order valence-corrected chi connectivity index (χ1v) is 18.2. The van der Waals surface area contributed by atoms with Gasteiger partial charge in [-0.15, -0.1) is 0 Å². The maximum Gasteiger partial charge on any atom is 0.242 e. The first-order valence-electron chi connectivity index (χ1n) is 11.4. The largest absolute Gasteiger partial charge is 0.544 e. The van der Waals surface area contributed by atoms with E-state index in [0.29, 0.717) is 18.6 Å². The number of hydrogen-bond donors (Lipinski definition) is 0. The second kappa shape index (κ2) is 7.14. The Morgan fingerprint density at radius 2 is 1.73 bits per heavy atom. The molecule has 0 bridgehead atoms. The van der Waals surface area contributed by atoms with Gasteiger partial charge in [0.2, 0.25) is 8.32 Å². The van der Waals surface area contributed by atoms with Crippen LogP contribution in [0.3, 0.4) is 0 Å². The van der Waals surface area contributed by atoms with Crippen molar-refractivity contribution in [3.8, 4) is 5.75 Å². The number of fused-ring (bicyclic) bond motifs is 5. The van der Waals surface area contributed by atoms with E-state index in [1.165, 1.54) is 0 Å². The first-order chi connectivity index (χ1) is 13.8. The molecule has 5 atom stereocenters. The fourth-order valence-corrected chi connectivity index (χ4v) is 8.17. The van der Waals surface area contributed by atoms with Gasteiger partial charge < -0.3 is 8.85 Å². The summed E-state index contributed by atoms with van der Waals surface area (Å²) in [5.74, 6) is 2.04. The zero-order chi connectivity index (χ0) is 22.1. The predicted molar refractivity (Wildman–Crippen MR) is 124 cm³/mol. The van der Waals surface area contributed by atoms with Gasteiger partial charge in [0, 0.05) is 29.7 Å². The molecule has 164 valence electrons. The number of benzene rings is 1. The Bertz CT molecular complexity index is 882. The highest BCUT2D eigenvalue weighted by Crippen LogP contribution is 2.60. The van der Waals surface area contributed by atoms with Crippen LogP contribution in [0.4, 0.5) is 0 Å². The maximum atomic E-state index is 13.3. The van der Waals surface area contributed by atoms with Gasteiger partial charge in [0.25, 0.3) is 0 Å². The van der Waals surface area contributed by atoms with Crippen molar-refractivity contribution in [3.63, 3.8) is 0 Å². The fraction of sp³-hybridized carbons (Fsp3) is 0.667. The molecule has 0 aliphatic heterocycles. The number of carbonyl (C=O) groups excluding carboxylic acids is 2. The molecule has 3 aliphatic carbocycles. The summed E-state index contributed by atoms with van der Waals surface area (Å²) in [7, 11) is -3.56. The number of carbonyl (C=O) groups is 2. The van der Waals surface area contributed by atoms with Gasteiger partial charge in [-0.2, -0.15) is 0 Å². The molecular formula is C24H36O4Si2. The molecule has 4 nitrogen and oxygen atoms in total. The molecule has 2 saturated carbocycles. The van der Waals surface area contributed by atoms with Crippen molar-refractivity contribution in [2.75, 3.05) is 0 Å². The third-order valence-corrected chi connectivity index (χ3v) is 9.03. The van der Waals surface area contributed by atoms with E-state index in [-0.39, 0.29) is 35.1 Å². The second-order valence-electron chi connectivity index (χ2n) is 11.7. The first kappa shape index (κ1) is 22.0. The molecule has 0 amide bonds. The molecule has 0 heterocycles. The van der Waals surface area contributed by atoms with Crippen LogP contribution in [0.15, 0.2) is 18.2 Å². The molecular weight excluding hydrogens is 408 g/mol. The molecule has 0 unspecified atom stereocenters. The monoisotopic (exact) mass is 444 g/mol. The van der Waals surface area contributed by atoms with Crippen LogP contribution in [0.25, 0.3) is 0 Å². The van der Waals surface area contributed by atoms with Gasteiger partial charge in [-0.25, -0.2) is 0 Å². The third-order valence-electron chi connectivity index (χ3n) is 7.18. The van der Waals surface area contributed by atoms with Crippen LogP contribution in [-0.2, 0) is 9.22 Å². The van der Waals surface area contributed by atoms with Crippen molar-refractivity contribution in [3.05, 3.63) is 29.3 Å². The van der Waals surface area contributed by atoms with E-state index in [0.717, 1.165) is 29.7 Å². The van der Waals surface area contributed by atoms with Crippen molar-refractivity contribution in [1.29, 1.82) is 0 Å². The van der Waals surface area contributed by atoms with Gasteiger partial charge in [-0.05, 0) is 81.7 Å². The summed E-state index contributed by atoms with van der Waals surface area (Å²) in [6.45, 7) is 15.2. The Morgan fingerprint density at radius 1 is 1.03 bits per heavy atom. The smallest absolute Gasteiger partial charge is 0.242 e. The molecule has 2 fully saturated rings. The Balaban J connectivity index is 1.78. The molecule has 0 spiro atoms. The van der Waals surface area contributed by atoms with E-state index in [4.69, 9.17) is 8.85 Å². The SMILES string of the molecule is C[C@]12C[C@H](O[Si](C)(C)C)[C@@H]3c4ccc(O[Si](C)(C)C)cc4C(=O)C[C@H]3[C@@H]1CCC2=O. The minimum Gasteiger partial charge on any atom is -0.544 e. The summed E-state index contributed by atoms with van der Waals surface area (Å²) in [5.41, 5.74) is 1.58. The molecule has 4 rings (SSSR count). The standard InChI is InChI=1S/C24H36O4Si2/c1-24-14-21(28-30(5,6)7)23-16-9-8-15(27-29(2,3)4)12-17(16)20(25)13-18(23)19(24)10-11-22(24)26/h8-9,12,18-19,21,23H,10-11,13-14H2,1-7H3/t18-,19-,21-,23+,24-/m0/s1. The van der Waals surface area contributed by atoms with Crippen molar-refractivity contribution in [1.82, 2.24) is 0 Å². The Hall–Kier alpha value is -1.25. The Kier molecular flexibility index (Phi) is 5.23. The van der Waals surface area contributed by atoms with Gasteiger partial charge in [0.05, 0.1) is 6.10 Å². The molecule has 6 heteroatoms. The topological polar surface area (TPSA) is 52.6 Å². The Labute approximate surface area is 183 Å². The van der Waals surface area contributed by atoms with Gasteiger partial charge in [-0.1, -0.05) is 13.0 Å². The highest BCUT2D eigenvalue weighted by atomic mass is 28.4. The van der Waals surface area contributed by atoms with Gasteiger partial charge in [0.15, 0.2) is 14.1 Å². The van der Waals surface area contributed by atoms with Crippen molar-refractivity contribution >= 4 is 28.2 Å². The van der Waals surface area contributed by atoms with Crippen LogP contribution < -0.4 is 4.43 Å². The zero-order valence-electron chi connectivity index (χ0n) is 19.5. The van der Waals surface area contributed by atoms with Crippen LogP contribution in [0.5, 0.6) is 5.75 Å². The maximum absolute atomic E-state index is 13.3. The fourth-order valence-electron chi connectivity index (χ4n) is 6.20. The highest BCUT2D eigenvalue weighted by molar-refractivity contribution is 6.70. The summed E-state index contributed by atoms with van der Waals surface area (Å²) < 4.78 is 12.9. The third kappa shape index (κ3) is 3.87. The Morgan fingerprint density at radius 3 is 2.37 bits per heavy atom. The van der Waals surface area contributed by atoms with Crippen LogP contribution in [0.2, 0.25) is 39.3 Å². The lowest BCUT2D eigenvalue weighted by molar-refractivity contribution is -0.132. The average molecular weight is 445 g/mol. The second-order valence-corrected chi connectivity index (χ2v) is 20.6. The van der Waals surface area contributed by atoms with E-state index in [1.807, 2.05) is 12.1 Å². The number of rotatable bonds is 4. The molecule has 0 radical (unpaired) electrons. The lowest BCUT2D eigenvalue weighted by atomic mass is 9.54. The summed E-state index contributed by atoms with van der Waals surface area (Å²) in [5, 5.41) is 0. The van der Waals surface area contributed by atoms with Crippen molar-refractivity contribution in [2.24, 2.45) is 17.3 Å². The van der Waals surface area contributed by atoms with Gasteiger partial charge in [0.1, 0.15) is 11.5 Å². The van der Waals surface area contributed by atoms with Crippen LogP contribution in [0, 0.1) is 17.3 Å². The lowest BCUT2D eigenvalue weighted by Gasteiger charge is -2.52. The minimum absolute atomic E-state index is 0.000533. The minimum atomic E-state index is -1.82. The quantitative estimate of drug-likeness (QED) is 0.551. The zero-order valence-corrected chi connectivity index (χ0v) is 21.5. The summed E-state index contributed by atoms with van der Waals surface area (Å²) >= 11 is 0. The van der Waals surface area contributed by atoms with Crippen LogP contribution in [-0.4, -0.2) is 34.3 Å². The van der Waals surface area contributed by atoms with Crippen LogP contribution in [0.1, 0.15) is 54.4 Å². The molecule has 0 N–H and O–H groups in total. The number of hydrogen-bond acceptors (Lipinski definition) is 4. The summed E-state index contributed by atoms with van der Waals surface area (Å²) in [4.78, 5) is 26.1. The number of Topliss-reactive ketones (excluding diaryl/α,β-unsaturated/α-hetero) is 2. The van der Waals surface area contributed by atoms with Gasteiger partial charge >= 0.3 is 0 Å². The molecule has 1 aromatic carbocycles. The van der Waals surface area contributed by atoms with E-state index in [2.05, 4.69) is 52.3 Å². The number of ketones is 2. The van der Waals surface area contributed by atoms with Crippen molar-refractivity contribution < 1.29 is 18.4 Å². The highest BCUT2D eigenvalue weighted by Gasteiger charge is 2.59. The normalized spacial score (nSPS) is 33.7.